The summed E-state index contributed by atoms with van der Waals surface area (Å²) in [6, 6.07) is 7.11. The van der Waals surface area contributed by atoms with Crippen molar-refractivity contribution < 1.29 is 22.7 Å². The normalized spacial score (nSPS) is 19.2. The highest BCUT2D eigenvalue weighted by molar-refractivity contribution is 7.89. The molecule has 1 aromatic rings. The number of rotatable bonds is 6. The Bertz CT molecular complexity index is 885. The van der Waals surface area contributed by atoms with Crippen molar-refractivity contribution in [2.75, 3.05) is 32.8 Å². The van der Waals surface area contributed by atoms with E-state index in [4.69, 9.17) is 4.74 Å². The molecule has 2 heterocycles. The van der Waals surface area contributed by atoms with Crippen LogP contribution in [0.4, 0.5) is 4.79 Å². The Morgan fingerprint density at radius 2 is 1.62 bits per heavy atom. The number of hydrogen-bond acceptors (Lipinski definition) is 5. The van der Waals surface area contributed by atoms with Gasteiger partial charge in [0.1, 0.15) is 0 Å². The molecule has 0 aromatic heterocycles. The average Bonchev–Trinajstić information content (AvgIpc) is 2.80. The summed E-state index contributed by atoms with van der Waals surface area (Å²) in [6.45, 7) is 8.09. The lowest BCUT2D eigenvalue weighted by molar-refractivity contribution is -0.127. The highest BCUT2D eigenvalue weighted by Crippen LogP contribution is 2.26. The maximum atomic E-state index is 13.0. The second-order valence-corrected chi connectivity index (χ2v) is 10.8. The first-order chi connectivity index (χ1) is 15.2. The summed E-state index contributed by atoms with van der Waals surface area (Å²) < 4.78 is 32.5. The summed E-state index contributed by atoms with van der Waals surface area (Å²) in [5, 5.41) is 3.10. The van der Waals surface area contributed by atoms with Crippen LogP contribution in [0.3, 0.4) is 0 Å². The molecule has 0 unspecified atom stereocenters. The van der Waals surface area contributed by atoms with Crippen molar-refractivity contribution in [1.29, 1.82) is 0 Å². The van der Waals surface area contributed by atoms with Crippen molar-refractivity contribution in [3.8, 4) is 0 Å². The van der Waals surface area contributed by atoms with Gasteiger partial charge in [-0.15, -0.1) is 0 Å². The molecule has 2 aliphatic rings. The third-order valence-corrected chi connectivity index (χ3v) is 8.29. The molecule has 8 nitrogen and oxygen atoms in total. The molecule has 0 spiro atoms. The van der Waals surface area contributed by atoms with Gasteiger partial charge in [-0.2, -0.15) is 4.31 Å². The molecule has 2 aliphatic heterocycles. The number of piperidine rings is 2. The van der Waals surface area contributed by atoms with Gasteiger partial charge in [0.25, 0.3) is 0 Å². The first-order valence-electron chi connectivity index (χ1n) is 11.5. The number of amides is 2. The molecule has 1 aromatic carbocycles. The smallest absolute Gasteiger partial charge is 0.409 e. The Hall–Kier alpha value is -2.13. The molecule has 0 radical (unpaired) electrons. The minimum absolute atomic E-state index is 0.0158. The first-order valence-corrected chi connectivity index (χ1v) is 13.0. The number of benzene rings is 1. The minimum atomic E-state index is -3.55. The number of sulfonamides is 1. The quantitative estimate of drug-likeness (QED) is 0.697. The van der Waals surface area contributed by atoms with E-state index in [9.17, 15) is 18.0 Å². The summed E-state index contributed by atoms with van der Waals surface area (Å²) in [6.07, 6.45) is 2.12. The van der Waals surface area contributed by atoms with Crippen LogP contribution in [0.5, 0.6) is 0 Å². The Balaban J connectivity index is 1.48. The van der Waals surface area contributed by atoms with E-state index < -0.39 is 10.0 Å². The van der Waals surface area contributed by atoms with Gasteiger partial charge >= 0.3 is 6.09 Å². The number of ether oxygens (including phenoxy) is 1. The summed E-state index contributed by atoms with van der Waals surface area (Å²) in [4.78, 5) is 26.5. The van der Waals surface area contributed by atoms with Crippen LogP contribution in [0.1, 0.15) is 57.9 Å². The molecule has 3 rings (SSSR count). The number of carbonyl (C=O) groups excluding carboxylic acids is 2. The summed E-state index contributed by atoms with van der Waals surface area (Å²) in [5.41, 5.74) is 1.10. The van der Waals surface area contributed by atoms with Crippen LogP contribution in [-0.4, -0.2) is 68.5 Å². The number of likely N-dealkylation sites (tertiary alicyclic amines) is 1. The molecule has 9 heteroatoms. The first kappa shape index (κ1) is 24.5. The van der Waals surface area contributed by atoms with Crippen LogP contribution in [0.2, 0.25) is 0 Å². The van der Waals surface area contributed by atoms with E-state index in [-0.39, 0.29) is 24.0 Å². The molecule has 0 saturated carbocycles. The van der Waals surface area contributed by atoms with Crippen LogP contribution >= 0.6 is 0 Å². The zero-order valence-electron chi connectivity index (χ0n) is 19.2. The van der Waals surface area contributed by atoms with E-state index in [2.05, 4.69) is 19.2 Å². The Kier molecular flexibility index (Phi) is 8.16. The topological polar surface area (TPSA) is 96.0 Å². The summed E-state index contributed by atoms with van der Waals surface area (Å²) >= 11 is 0. The highest BCUT2D eigenvalue weighted by Gasteiger charge is 2.33. The van der Waals surface area contributed by atoms with Gasteiger partial charge in [0, 0.05) is 38.1 Å². The number of nitrogens with one attached hydrogen (secondary N) is 1. The standard InChI is InChI=1S/C23H35N3O5S/c1-4-31-23(28)25-13-11-20(12-14-25)24-22(27)19-9-15-26(16-10-19)32(29,30)21-7-5-18(6-8-21)17(2)3/h5-8,17,19-20H,4,9-16H2,1-3H3,(H,24,27). The Morgan fingerprint density at radius 3 is 2.16 bits per heavy atom. The molecule has 0 aliphatic carbocycles. The van der Waals surface area contributed by atoms with Crippen LogP contribution in [-0.2, 0) is 19.6 Å². The molecule has 2 fully saturated rings. The van der Waals surface area contributed by atoms with Crippen LogP contribution in [0, 0.1) is 5.92 Å². The second kappa shape index (κ2) is 10.7. The maximum Gasteiger partial charge on any atom is 0.409 e. The van der Waals surface area contributed by atoms with Gasteiger partial charge in [-0.05, 0) is 56.2 Å². The van der Waals surface area contributed by atoms with Crippen LogP contribution < -0.4 is 5.32 Å². The molecule has 0 bridgehead atoms. The zero-order valence-corrected chi connectivity index (χ0v) is 20.1. The SMILES string of the molecule is CCOC(=O)N1CCC(NC(=O)C2CCN(S(=O)(=O)c3ccc(C(C)C)cc3)CC2)CC1. The fraction of sp³-hybridized carbons (Fsp3) is 0.652. The monoisotopic (exact) mass is 465 g/mol. The molecule has 2 saturated heterocycles. The lowest BCUT2D eigenvalue weighted by Gasteiger charge is -2.34. The second-order valence-electron chi connectivity index (χ2n) is 8.87. The average molecular weight is 466 g/mol. The molecule has 1 N–H and O–H groups in total. The third kappa shape index (κ3) is 5.81. The number of carbonyl (C=O) groups is 2. The van der Waals surface area contributed by atoms with Gasteiger partial charge < -0.3 is 15.0 Å². The zero-order chi connectivity index (χ0) is 23.3. The van der Waals surface area contributed by atoms with E-state index in [1.165, 1.54) is 4.31 Å². The van der Waals surface area contributed by atoms with Gasteiger partial charge in [-0.1, -0.05) is 26.0 Å². The molecule has 2 amide bonds. The van der Waals surface area contributed by atoms with Crippen molar-refractivity contribution in [2.45, 2.75) is 63.3 Å². The van der Waals surface area contributed by atoms with Crippen molar-refractivity contribution >= 4 is 22.0 Å². The van der Waals surface area contributed by atoms with E-state index in [0.717, 1.165) is 5.56 Å². The number of hydrogen-bond donors (Lipinski definition) is 1. The molecule has 178 valence electrons. The Morgan fingerprint density at radius 1 is 1.03 bits per heavy atom. The number of nitrogens with zero attached hydrogens (tertiary/aromatic N) is 2. The van der Waals surface area contributed by atoms with Gasteiger partial charge in [-0.3, -0.25) is 4.79 Å². The van der Waals surface area contributed by atoms with Crippen molar-refractivity contribution in [3.63, 3.8) is 0 Å². The molecule has 0 atom stereocenters. The van der Waals surface area contributed by atoms with E-state index in [1.54, 1.807) is 24.0 Å². The Labute approximate surface area is 191 Å². The van der Waals surface area contributed by atoms with Gasteiger partial charge in [0.15, 0.2) is 0 Å². The lowest BCUT2D eigenvalue weighted by Crippen LogP contribution is -2.49. The van der Waals surface area contributed by atoms with E-state index >= 15 is 0 Å². The fourth-order valence-electron chi connectivity index (χ4n) is 4.27. The predicted octanol–water partition coefficient (Wildman–Crippen LogP) is 2.95. The van der Waals surface area contributed by atoms with Gasteiger partial charge in [-0.25, -0.2) is 13.2 Å². The molecular formula is C23H35N3O5S. The van der Waals surface area contributed by atoms with Crippen molar-refractivity contribution in [3.05, 3.63) is 29.8 Å². The summed E-state index contributed by atoms with van der Waals surface area (Å²) in [5.74, 6) is 0.143. The van der Waals surface area contributed by atoms with Crippen LogP contribution in [0.15, 0.2) is 29.2 Å². The van der Waals surface area contributed by atoms with E-state index in [1.807, 2.05) is 12.1 Å². The fourth-order valence-corrected chi connectivity index (χ4v) is 5.74. The predicted molar refractivity (Wildman–Crippen MR) is 122 cm³/mol. The van der Waals surface area contributed by atoms with Gasteiger partial charge in [0.05, 0.1) is 11.5 Å². The lowest BCUT2D eigenvalue weighted by atomic mass is 9.96. The van der Waals surface area contributed by atoms with Crippen LogP contribution in [0.25, 0.3) is 0 Å². The van der Waals surface area contributed by atoms with Crippen molar-refractivity contribution in [2.24, 2.45) is 5.92 Å². The maximum absolute atomic E-state index is 13.0. The highest BCUT2D eigenvalue weighted by atomic mass is 32.2. The summed E-state index contributed by atoms with van der Waals surface area (Å²) in [7, 11) is -3.55. The largest absolute Gasteiger partial charge is 0.450 e. The van der Waals surface area contributed by atoms with Gasteiger partial charge in [0.2, 0.25) is 15.9 Å². The molecule has 32 heavy (non-hydrogen) atoms. The molecular weight excluding hydrogens is 430 g/mol. The van der Waals surface area contributed by atoms with Crippen molar-refractivity contribution in [1.82, 2.24) is 14.5 Å². The third-order valence-electron chi connectivity index (χ3n) is 6.38. The minimum Gasteiger partial charge on any atom is -0.450 e. The van der Waals surface area contributed by atoms with E-state index in [0.29, 0.717) is 69.3 Å².